The predicted molar refractivity (Wildman–Crippen MR) is 46.9 cm³/mol. The van der Waals surface area contributed by atoms with E-state index in [4.69, 9.17) is 11.1 Å². The van der Waals surface area contributed by atoms with E-state index < -0.39 is 0 Å². The predicted octanol–water partition coefficient (Wildman–Crippen LogP) is 1.59. The van der Waals surface area contributed by atoms with Gasteiger partial charge >= 0.3 is 0 Å². The van der Waals surface area contributed by atoms with Crippen LogP contribution in [0.25, 0.3) is 0 Å². The number of amidine groups is 1. The number of rotatable bonds is 1. The van der Waals surface area contributed by atoms with Gasteiger partial charge in [-0.2, -0.15) is 0 Å². The van der Waals surface area contributed by atoms with Crippen molar-refractivity contribution >= 4 is 5.84 Å². The molecule has 0 heterocycles. The summed E-state index contributed by atoms with van der Waals surface area (Å²) in [7, 11) is 0. The minimum atomic E-state index is 0.133. The molecule has 0 radical (unpaired) electrons. The molecular weight excluding hydrogens is 136 g/mol. The molecule has 0 bridgehead atoms. The number of nitrogens with one attached hydrogen (secondary N) is 1. The van der Waals surface area contributed by atoms with Crippen LogP contribution >= 0.6 is 0 Å². The lowest BCUT2D eigenvalue weighted by Crippen LogP contribution is -2.11. The van der Waals surface area contributed by atoms with Crippen molar-refractivity contribution in [3.05, 3.63) is 34.9 Å². The van der Waals surface area contributed by atoms with E-state index in [1.165, 1.54) is 11.1 Å². The lowest BCUT2D eigenvalue weighted by atomic mass is 10.1. The average molecular weight is 148 g/mol. The lowest BCUT2D eigenvalue weighted by Gasteiger charge is -2.02. The average Bonchev–Trinajstić information content (AvgIpc) is 1.94. The van der Waals surface area contributed by atoms with Crippen molar-refractivity contribution in [2.45, 2.75) is 13.8 Å². The van der Waals surface area contributed by atoms with Crippen LogP contribution in [0.1, 0.15) is 16.7 Å². The Hall–Kier alpha value is -1.31. The van der Waals surface area contributed by atoms with Crippen LogP contribution in [0.2, 0.25) is 0 Å². The van der Waals surface area contributed by atoms with Gasteiger partial charge in [-0.05, 0) is 31.0 Å². The summed E-state index contributed by atoms with van der Waals surface area (Å²) in [6, 6.07) is 5.77. The third kappa shape index (κ3) is 1.58. The van der Waals surface area contributed by atoms with E-state index in [1.807, 2.05) is 32.0 Å². The van der Waals surface area contributed by atoms with E-state index in [0.29, 0.717) is 0 Å². The fourth-order valence-electron chi connectivity index (χ4n) is 0.909. The first-order chi connectivity index (χ1) is 5.11. The van der Waals surface area contributed by atoms with E-state index >= 15 is 0 Å². The summed E-state index contributed by atoms with van der Waals surface area (Å²) < 4.78 is 0. The molecule has 2 nitrogen and oxygen atoms in total. The minimum absolute atomic E-state index is 0.133. The summed E-state index contributed by atoms with van der Waals surface area (Å²) in [5, 5.41) is 7.18. The third-order valence-electron chi connectivity index (χ3n) is 1.82. The molecule has 11 heavy (non-hydrogen) atoms. The Balaban J connectivity index is 3.15. The molecule has 0 saturated carbocycles. The number of hydrogen-bond donors (Lipinski definition) is 2. The van der Waals surface area contributed by atoms with Gasteiger partial charge in [0.05, 0.1) is 0 Å². The highest BCUT2D eigenvalue weighted by atomic mass is 14.7. The molecule has 2 heteroatoms. The Labute approximate surface area is 66.6 Å². The number of nitrogen functional groups attached to an aromatic ring is 1. The first-order valence-electron chi connectivity index (χ1n) is 3.53. The number of nitrogens with two attached hydrogens (primary N) is 1. The van der Waals surface area contributed by atoms with Gasteiger partial charge in [-0.15, -0.1) is 0 Å². The Morgan fingerprint density at radius 3 is 2.36 bits per heavy atom. The molecule has 1 rings (SSSR count). The third-order valence-corrected chi connectivity index (χ3v) is 1.82. The maximum atomic E-state index is 7.18. The maximum absolute atomic E-state index is 7.18. The van der Waals surface area contributed by atoms with E-state index in [0.717, 1.165) is 5.56 Å². The van der Waals surface area contributed by atoms with Crippen LogP contribution in [0.5, 0.6) is 0 Å². The quantitative estimate of drug-likeness (QED) is 0.461. The molecule has 58 valence electrons. The number of aryl methyl sites for hydroxylation is 2. The molecule has 1 aromatic rings. The van der Waals surface area contributed by atoms with Crippen LogP contribution in [0, 0.1) is 19.3 Å². The van der Waals surface area contributed by atoms with Gasteiger partial charge in [0.25, 0.3) is 0 Å². The molecule has 0 aliphatic rings. The zero-order valence-electron chi connectivity index (χ0n) is 6.81. The van der Waals surface area contributed by atoms with Crippen LogP contribution < -0.4 is 5.73 Å². The first kappa shape index (κ1) is 7.79. The molecule has 1 aromatic carbocycles. The smallest absolute Gasteiger partial charge is 0.122 e. The maximum Gasteiger partial charge on any atom is 0.122 e. The minimum Gasteiger partial charge on any atom is -0.384 e. The van der Waals surface area contributed by atoms with Gasteiger partial charge in [-0.3, -0.25) is 5.41 Å². The van der Waals surface area contributed by atoms with Crippen molar-refractivity contribution in [2.24, 2.45) is 5.73 Å². The highest BCUT2D eigenvalue weighted by Gasteiger charge is 1.97. The monoisotopic (exact) mass is 148 g/mol. The van der Waals surface area contributed by atoms with Gasteiger partial charge in [0.1, 0.15) is 5.84 Å². The summed E-state index contributed by atoms with van der Waals surface area (Å²) >= 11 is 0. The fourth-order valence-corrected chi connectivity index (χ4v) is 0.909. The molecule has 0 spiro atoms. The fraction of sp³-hybridized carbons (Fsp3) is 0.222. The largest absolute Gasteiger partial charge is 0.384 e. The molecular formula is C9H12N2. The number of benzene rings is 1. The molecule has 0 aliphatic heterocycles. The van der Waals surface area contributed by atoms with E-state index in [9.17, 15) is 0 Å². The summed E-state index contributed by atoms with van der Waals surface area (Å²) in [5.41, 5.74) is 8.53. The summed E-state index contributed by atoms with van der Waals surface area (Å²) in [4.78, 5) is 0. The van der Waals surface area contributed by atoms with E-state index in [-0.39, 0.29) is 5.84 Å². The lowest BCUT2D eigenvalue weighted by molar-refractivity contribution is 1.32. The molecule has 0 fully saturated rings. The normalized spacial score (nSPS) is 9.64. The molecule has 3 N–H and O–H groups in total. The second-order valence-corrected chi connectivity index (χ2v) is 2.71. The molecule has 0 amide bonds. The topological polar surface area (TPSA) is 49.9 Å². The molecule has 0 atom stereocenters. The van der Waals surface area contributed by atoms with Crippen LogP contribution in [-0.4, -0.2) is 5.84 Å². The van der Waals surface area contributed by atoms with Crippen molar-refractivity contribution in [3.63, 3.8) is 0 Å². The van der Waals surface area contributed by atoms with Gasteiger partial charge in [0.2, 0.25) is 0 Å². The van der Waals surface area contributed by atoms with Crippen molar-refractivity contribution in [1.82, 2.24) is 0 Å². The van der Waals surface area contributed by atoms with Crippen molar-refractivity contribution in [2.75, 3.05) is 0 Å². The Kier molecular flexibility index (Phi) is 1.94. The van der Waals surface area contributed by atoms with E-state index in [1.54, 1.807) is 0 Å². The zero-order valence-corrected chi connectivity index (χ0v) is 6.81. The Bertz CT molecular complexity index is 290. The highest BCUT2D eigenvalue weighted by molar-refractivity contribution is 5.95. The van der Waals surface area contributed by atoms with Gasteiger partial charge in [-0.25, -0.2) is 0 Å². The van der Waals surface area contributed by atoms with Crippen molar-refractivity contribution in [1.29, 1.82) is 5.41 Å². The summed E-state index contributed by atoms with van der Waals surface area (Å²) in [6.07, 6.45) is 0. The number of hydrogen-bond acceptors (Lipinski definition) is 1. The first-order valence-corrected chi connectivity index (χ1v) is 3.53. The summed E-state index contributed by atoms with van der Waals surface area (Å²) in [5.74, 6) is 0.133. The molecule has 0 aliphatic carbocycles. The molecule has 0 unspecified atom stereocenters. The standard InChI is InChI=1S/C9H12N2/c1-6-3-4-8(9(10)11)5-7(6)2/h3-5H,1-2H3,(H3,10,11). The van der Waals surface area contributed by atoms with Gasteiger partial charge in [0.15, 0.2) is 0 Å². The van der Waals surface area contributed by atoms with Gasteiger partial charge < -0.3 is 5.73 Å². The second-order valence-electron chi connectivity index (χ2n) is 2.71. The van der Waals surface area contributed by atoms with Crippen LogP contribution in [-0.2, 0) is 0 Å². The van der Waals surface area contributed by atoms with Gasteiger partial charge in [0, 0.05) is 5.56 Å². The van der Waals surface area contributed by atoms with Gasteiger partial charge in [-0.1, -0.05) is 12.1 Å². The Morgan fingerprint density at radius 2 is 1.91 bits per heavy atom. The van der Waals surface area contributed by atoms with Crippen LogP contribution in [0.15, 0.2) is 18.2 Å². The van der Waals surface area contributed by atoms with Crippen LogP contribution in [0.3, 0.4) is 0 Å². The van der Waals surface area contributed by atoms with Crippen molar-refractivity contribution < 1.29 is 0 Å². The SMILES string of the molecule is Cc1ccc(C(=N)N)cc1C. The van der Waals surface area contributed by atoms with Crippen LogP contribution in [0.4, 0.5) is 0 Å². The molecule has 0 aromatic heterocycles. The molecule has 0 saturated heterocycles. The zero-order chi connectivity index (χ0) is 8.43. The highest BCUT2D eigenvalue weighted by Crippen LogP contribution is 2.08. The van der Waals surface area contributed by atoms with E-state index in [2.05, 4.69) is 0 Å². The summed E-state index contributed by atoms with van der Waals surface area (Å²) in [6.45, 7) is 4.06. The second kappa shape index (κ2) is 2.74. The van der Waals surface area contributed by atoms with Crippen molar-refractivity contribution in [3.8, 4) is 0 Å². The Morgan fingerprint density at radius 1 is 1.27 bits per heavy atom.